The molecule has 33 heavy (non-hydrogen) atoms. The first kappa shape index (κ1) is 24.4. The maximum Gasteiger partial charge on any atom is 0.255 e. The van der Waals surface area contributed by atoms with Crippen LogP contribution in [-0.2, 0) is 4.74 Å². The van der Waals surface area contributed by atoms with Gasteiger partial charge < -0.3 is 29.7 Å². The number of hydrogen-bond acceptors (Lipinski definition) is 6. The monoisotopic (exact) mass is 455 g/mol. The first-order valence-corrected chi connectivity index (χ1v) is 11.3. The van der Waals surface area contributed by atoms with E-state index in [1.54, 1.807) is 24.3 Å². The summed E-state index contributed by atoms with van der Waals surface area (Å²) in [6, 6.07) is 10.5. The molecule has 1 aliphatic rings. The Labute approximate surface area is 195 Å². The van der Waals surface area contributed by atoms with Crippen LogP contribution in [0.3, 0.4) is 0 Å². The number of carbonyl (C=O) groups excluding carboxylic acids is 2. The second kappa shape index (κ2) is 12.1. The average Bonchev–Trinajstić information content (AvgIpc) is 3.38. The van der Waals surface area contributed by atoms with Crippen molar-refractivity contribution in [2.75, 3.05) is 57.3 Å². The van der Waals surface area contributed by atoms with E-state index in [2.05, 4.69) is 15.5 Å². The zero-order chi connectivity index (χ0) is 23.6. The van der Waals surface area contributed by atoms with Crippen molar-refractivity contribution in [1.29, 1.82) is 0 Å². The van der Waals surface area contributed by atoms with Gasteiger partial charge >= 0.3 is 0 Å². The maximum absolute atomic E-state index is 13.0. The van der Waals surface area contributed by atoms with Gasteiger partial charge in [0.05, 0.1) is 19.8 Å². The topological polar surface area (TPSA) is 89.1 Å². The largest absolute Gasteiger partial charge is 0.497 e. The number of nitrogens with one attached hydrogen (secondary N) is 2. The van der Waals surface area contributed by atoms with Crippen LogP contribution >= 0.6 is 0 Å². The highest BCUT2D eigenvalue weighted by Crippen LogP contribution is 2.28. The highest BCUT2D eigenvalue weighted by molar-refractivity contribution is 6.06. The van der Waals surface area contributed by atoms with E-state index in [-0.39, 0.29) is 11.8 Å². The van der Waals surface area contributed by atoms with Crippen molar-refractivity contribution in [3.8, 4) is 11.5 Å². The van der Waals surface area contributed by atoms with Crippen molar-refractivity contribution in [2.45, 2.75) is 26.2 Å². The Morgan fingerprint density at radius 3 is 2.30 bits per heavy atom. The van der Waals surface area contributed by atoms with Crippen LogP contribution in [0.4, 0.5) is 11.4 Å². The van der Waals surface area contributed by atoms with Crippen molar-refractivity contribution in [2.24, 2.45) is 0 Å². The van der Waals surface area contributed by atoms with Crippen LogP contribution in [-0.4, -0.2) is 58.9 Å². The Hall–Kier alpha value is -3.26. The third-order valence-corrected chi connectivity index (χ3v) is 5.51. The molecule has 178 valence electrons. The first-order chi connectivity index (χ1) is 16.0. The van der Waals surface area contributed by atoms with E-state index in [1.807, 2.05) is 19.1 Å². The quantitative estimate of drug-likeness (QED) is 0.502. The molecule has 0 bridgehead atoms. The number of hydrogen-bond donors (Lipinski definition) is 2. The summed E-state index contributed by atoms with van der Waals surface area (Å²) in [6.45, 7) is 5.57. The molecule has 2 aromatic carbocycles. The van der Waals surface area contributed by atoms with Gasteiger partial charge in [0.1, 0.15) is 11.5 Å². The molecule has 2 N–H and O–H groups in total. The Kier molecular flexibility index (Phi) is 8.95. The molecule has 0 saturated carbocycles. The standard InChI is InChI=1S/C25H33N3O5/c1-4-33-13-7-10-26-25(30)22-16-19(8-9-23(22)28-11-5-6-12-28)27-24(29)18-14-20(31-2)17-21(15-18)32-3/h8-9,14-17H,4-7,10-13H2,1-3H3,(H,26,30)(H,27,29). The van der Waals surface area contributed by atoms with Crippen molar-refractivity contribution in [3.05, 3.63) is 47.5 Å². The molecule has 1 heterocycles. The van der Waals surface area contributed by atoms with Crippen molar-refractivity contribution < 1.29 is 23.8 Å². The summed E-state index contributed by atoms with van der Waals surface area (Å²) in [6.07, 6.45) is 2.95. The van der Waals surface area contributed by atoms with E-state index >= 15 is 0 Å². The summed E-state index contributed by atoms with van der Waals surface area (Å²) in [7, 11) is 3.07. The number of benzene rings is 2. The van der Waals surface area contributed by atoms with Crippen LogP contribution in [0.5, 0.6) is 11.5 Å². The lowest BCUT2D eigenvalue weighted by atomic mass is 10.1. The highest BCUT2D eigenvalue weighted by Gasteiger charge is 2.21. The van der Waals surface area contributed by atoms with E-state index in [4.69, 9.17) is 14.2 Å². The molecule has 0 radical (unpaired) electrons. The average molecular weight is 456 g/mol. The van der Waals surface area contributed by atoms with Crippen molar-refractivity contribution in [1.82, 2.24) is 5.32 Å². The molecule has 0 aromatic heterocycles. The molecule has 3 rings (SSSR count). The van der Waals surface area contributed by atoms with Crippen LogP contribution in [0, 0.1) is 0 Å². The normalized spacial score (nSPS) is 13.0. The van der Waals surface area contributed by atoms with Crippen LogP contribution < -0.4 is 25.0 Å². The highest BCUT2D eigenvalue weighted by atomic mass is 16.5. The van der Waals surface area contributed by atoms with Gasteiger partial charge in [0.15, 0.2) is 0 Å². The molecule has 0 spiro atoms. The molecule has 0 aliphatic carbocycles. The molecular weight excluding hydrogens is 422 g/mol. The molecule has 0 unspecified atom stereocenters. The molecule has 2 aromatic rings. The van der Waals surface area contributed by atoms with Crippen molar-refractivity contribution >= 4 is 23.2 Å². The SMILES string of the molecule is CCOCCCNC(=O)c1cc(NC(=O)c2cc(OC)cc(OC)c2)ccc1N1CCCC1. The summed E-state index contributed by atoms with van der Waals surface area (Å²) in [4.78, 5) is 28.1. The number of anilines is 2. The minimum absolute atomic E-state index is 0.160. The third kappa shape index (κ3) is 6.61. The second-order valence-electron chi connectivity index (χ2n) is 7.79. The first-order valence-electron chi connectivity index (χ1n) is 11.3. The molecule has 0 atom stereocenters. The second-order valence-corrected chi connectivity index (χ2v) is 7.79. The lowest BCUT2D eigenvalue weighted by Crippen LogP contribution is -2.29. The number of nitrogens with zero attached hydrogens (tertiary/aromatic N) is 1. The van der Waals surface area contributed by atoms with Crippen LogP contribution in [0.15, 0.2) is 36.4 Å². The van der Waals surface area contributed by atoms with E-state index in [1.165, 1.54) is 14.2 Å². The van der Waals surface area contributed by atoms with E-state index in [0.29, 0.717) is 48.1 Å². The summed E-state index contributed by atoms with van der Waals surface area (Å²) in [5.74, 6) is 0.573. The minimum atomic E-state index is -0.316. The Bertz CT molecular complexity index is 935. The summed E-state index contributed by atoms with van der Waals surface area (Å²) in [5.41, 5.74) is 2.38. The summed E-state index contributed by atoms with van der Waals surface area (Å²) >= 11 is 0. The van der Waals surface area contributed by atoms with E-state index in [0.717, 1.165) is 38.0 Å². The molecule has 1 aliphatic heterocycles. The zero-order valence-electron chi connectivity index (χ0n) is 19.6. The van der Waals surface area contributed by atoms with Gasteiger partial charge in [-0.3, -0.25) is 9.59 Å². The molecule has 1 fully saturated rings. The predicted octanol–water partition coefficient (Wildman–Crippen LogP) is 3.71. The van der Waals surface area contributed by atoms with Crippen molar-refractivity contribution in [3.63, 3.8) is 0 Å². The number of methoxy groups -OCH3 is 2. The van der Waals surface area contributed by atoms with E-state index in [9.17, 15) is 9.59 Å². The summed E-state index contributed by atoms with van der Waals surface area (Å²) in [5, 5.41) is 5.86. The molecular formula is C25H33N3O5. The number of ether oxygens (including phenoxy) is 3. The van der Waals surface area contributed by atoms with Crippen LogP contribution in [0.25, 0.3) is 0 Å². The Balaban J connectivity index is 1.79. The van der Waals surface area contributed by atoms with Gasteiger partial charge in [-0.25, -0.2) is 0 Å². The van der Waals surface area contributed by atoms with Gasteiger partial charge in [-0.05, 0) is 56.5 Å². The van der Waals surface area contributed by atoms with Gasteiger partial charge in [0.25, 0.3) is 11.8 Å². The van der Waals surface area contributed by atoms with Crippen LogP contribution in [0.1, 0.15) is 46.9 Å². The zero-order valence-corrected chi connectivity index (χ0v) is 19.6. The lowest BCUT2D eigenvalue weighted by molar-refractivity contribution is 0.0943. The van der Waals surface area contributed by atoms with Gasteiger partial charge in [-0.1, -0.05) is 0 Å². The predicted molar refractivity (Wildman–Crippen MR) is 129 cm³/mol. The smallest absolute Gasteiger partial charge is 0.255 e. The molecule has 8 heteroatoms. The third-order valence-electron chi connectivity index (χ3n) is 5.51. The minimum Gasteiger partial charge on any atom is -0.497 e. The number of rotatable bonds is 11. The Morgan fingerprint density at radius 2 is 1.67 bits per heavy atom. The van der Waals surface area contributed by atoms with Gasteiger partial charge in [0.2, 0.25) is 0 Å². The van der Waals surface area contributed by atoms with Crippen LogP contribution in [0.2, 0.25) is 0 Å². The fraction of sp³-hybridized carbons (Fsp3) is 0.440. The fourth-order valence-corrected chi connectivity index (χ4v) is 3.79. The number of amides is 2. The molecule has 8 nitrogen and oxygen atoms in total. The van der Waals surface area contributed by atoms with E-state index < -0.39 is 0 Å². The molecule has 1 saturated heterocycles. The Morgan fingerprint density at radius 1 is 0.970 bits per heavy atom. The molecule has 2 amide bonds. The maximum atomic E-state index is 13.0. The lowest BCUT2D eigenvalue weighted by Gasteiger charge is -2.22. The summed E-state index contributed by atoms with van der Waals surface area (Å²) < 4.78 is 15.9. The van der Waals surface area contributed by atoms with Gasteiger partial charge in [0, 0.05) is 55.9 Å². The fourth-order valence-electron chi connectivity index (χ4n) is 3.79. The van der Waals surface area contributed by atoms with Gasteiger partial charge in [-0.2, -0.15) is 0 Å². The van der Waals surface area contributed by atoms with Gasteiger partial charge in [-0.15, -0.1) is 0 Å². The number of carbonyl (C=O) groups is 2.